The minimum absolute atomic E-state index is 0.526. The number of likely N-dealkylation sites (N-methyl/N-ethyl adjacent to an activating group) is 1. The summed E-state index contributed by atoms with van der Waals surface area (Å²) in [5, 5.41) is 3.50. The van der Waals surface area contributed by atoms with E-state index in [1.807, 2.05) is 0 Å². The fraction of sp³-hybridized carbons (Fsp3) is 1.00. The van der Waals surface area contributed by atoms with Crippen LogP contribution in [-0.4, -0.2) is 49.8 Å². The summed E-state index contributed by atoms with van der Waals surface area (Å²) in [7, 11) is 2.10. The van der Waals surface area contributed by atoms with Crippen molar-refractivity contribution in [3.8, 4) is 0 Å². The van der Waals surface area contributed by atoms with Crippen LogP contribution in [0.4, 0.5) is 0 Å². The van der Waals surface area contributed by atoms with Gasteiger partial charge in [0.05, 0.1) is 12.7 Å². The van der Waals surface area contributed by atoms with Crippen LogP contribution >= 0.6 is 0 Å². The summed E-state index contributed by atoms with van der Waals surface area (Å²) in [6.45, 7) is 7.88. The van der Waals surface area contributed by atoms with E-state index >= 15 is 0 Å². The predicted octanol–water partition coefficient (Wildman–Crippen LogP) is 1.87. The maximum atomic E-state index is 5.87. The summed E-state index contributed by atoms with van der Waals surface area (Å²) in [5.74, 6) is 0.752. The van der Waals surface area contributed by atoms with Gasteiger partial charge in [-0.1, -0.05) is 20.3 Å². The summed E-state index contributed by atoms with van der Waals surface area (Å²) in [4.78, 5) is 2.68. The molecule has 1 saturated heterocycles. The van der Waals surface area contributed by atoms with Gasteiger partial charge in [0, 0.05) is 25.2 Å². The Morgan fingerprint density at radius 1 is 1.41 bits per heavy atom. The Balaban J connectivity index is 1.92. The number of rotatable bonds is 5. The maximum Gasteiger partial charge on any atom is 0.0730 e. The SMILES string of the molecule is CCC(C)C(CN1CCOC2CCCC21)NC. The van der Waals surface area contributed by atoms with Gasteiger partial charge in [0.2, 0.25) is 0 Å². The first-order valence-electron chi connectivity index (χ1n) is 7.29. The molecule has 4 atom stereocenters. The summed E-state index contributed by atoms with van der Waals surface area (Å²) in [6.07, 6.45) is 5.73. The van der Waals surface area contributed by atoms with Crippen molar-refractivity contribution in [1.29, 1.82) is 0 Å². The lowest BCUT2D eigenvalue weighted by Crippen LogP contribution is -2.53. The molecule has 4 unspecified atom stereocenters. The first kappa shape index (κ1) is 13.3. The zero-order chi connectivity index (χ0) is 12.3. The molecule has 1 N–H and O–H groups in total. The first-order chi connectivity index (χ1) is 8.26. The number of nitrogens with one attached hydrogen (secondary N) is 1. The summed E-state index contributed by atoms with van der Waals surface area (Å²) in [5.41, 5.74) is 0. The second-order valence-corrected chi connectivity index (χ2v) is 5.68. The first-order valence-corrected chi connectivity index (χ1v) is 7.29. The molecule has 100 valence electrons. The molecule has 1 aliphatic heterocycles. The largest absolute Gasteiger partial charge is 0.375 e. The molecule has 0 amide bonds. The summed E-state index contributed by atoms with van der Waals surface area (Å²) < 4.78 is 5.87. The van der Waals surface area contributed by atoms with Gasteiger partial charge >= 0.3 is 0 Å². The molecule has 3 nitrogen and oxygen atoms in total. The maximum absolute atomic E-state index is 5.87. The lowest BCUT2D eigenvalue weighted by atomic mass is 9.97. The number of nitrogens with zero attached hydrogens (tertiary/aromatic N) is 1. The molecule has 2 rings (SSSR count). The number of hydrogen-bond acceptors (Lipinski definition) is 3. The Morgan fingerprint density at radius 3 is 2.94 bits per heavy atom. The van der Waals surface area contributed by atoms with Gasteiger partial charge in [-0.3, -0.25) is 4.90 Å². The number of morpholine rings is 1. The van der Waals surface area contributed by atoms with Crippen LogP contribution in [0, 0.1) is 5.92 Å². The van der Waals surface area contributed by atoms with E-state index < -0.39 is 0 Å². The Hall–Kier alpha value is -0.120. The average molecular weight is 240 g/mol. The molecule has 0 spiro atoms. The molecule has 0 aromatic carbocycles. The molecule has 1 heterocycles. The molecule has 17 heavy (non-hydrogen) atoms. The topological polar surface area (TPSA) is 24.5 Å². The van der Waals surface area contributed by atoms with Crippen molar-refractivity contribution in [2.24, 2.45) is 5.92 Å². The van der Waals surface area contributed by atoms with Crippen LogP contribution in [0.2, 0.25) is 0 Å². The van der Waals surface area contributed by atoms with Crippen molar-refractivity contribution in [2.45, 2.75) is 57.7 Å². The predicted molar refractivity (Wildman–Crippen MR) is 71.3 cm³/mol. The Labute approximate surface area is 106 Å². The van der Waals surface area contributed by atoms with Crippen molar-refractivity contribution in [3.63, 3.8) is 0 Å². The van der Waals surface area contributed by atoms with E-state index in [9.17, 15) is 0 Å². The molecule has 2 fully saturated rings. The van der Waals surface area contributed by atoms with E-state index in [0.717, 1.165) is 19.1 Å². The molecule has 1 aliphatic carbocycles. The van der Waals surface area contributed by atoms with Crippen molar-refractivity contribution >= 4 is 0 Å². The van der Waals surface area contributed by atoms with Gasteiger partial charge in [-0.15, -0.1) is 0 Å². The highest BCUT2D eigenvalue weighted by molar-refractivity contribution is 4.91. The highest BCUT2D eigenvalue weighted by atomic mass is 16.5. The van der Waals surface area contributed by atoms with E-state index in [1.165, 1.54) is 32.2 Å². The summed E-state index contributed by atoms with van der Waals surface area (Å²) in [6, 6.07) is 1.32. The van der Waals surface area contributed by atoms with Crippen LogP contribution in [0.1, 0.15) is 39.5 Å². The van der Waals surface area contributed by atoms with Gasteiger partial charge in [-0.25, -0.2) is 0 Å². The third-order valence-corrected chi connectivity index (χ3v) is 4.73. The van der Waals surface area contributed by atoms with E-state index in [2.05, 4.69) is 31.1 Å². The van der Waals surface area contributed by atoms with E-state index in [0.29, 0.717) is 18.2 Å². The van der Waals surface area contributed by atoms with Crippen LogP contribution in [0.5, 0.6) is 0 Å². The fourth-order valence-electron chi connectivity index (χ4n) is 3.33. The molecule has 0 aromatic rings. The molecule has 3 heteroatoms. The Morgan fingerprint density at radius 2 is 2.24 bits per heavy atom. The van der Waals surface area contributed by atoms with Crippen LogP contribution in [0.25, 0.3) is 0 Å². The highest BCUT2D eigenvalue weighted by Crippen LogP contribution is 2.30. The second-order valence-electron chi connectivity index (χ2n) is 5.68. The fourth-order valence-corrected chi connectivity index (χ4v) is 3.33. The molecule has 0 bridgehead atoms. The average Bonchev–Trinajstić information content (AvgIpc) is 2.83. The van der Waals surface area contributed by atoms with Crippen molar-refractivity contribution < 1.29 is 4.74 Å². The van der Waals surface area contributed by atoms with Gasteiger partial charge in [0.15, 0.2) is 0 Å². The standard InChI is InChI=1S/C14H28N2O/c1-4-11(2)12(15-3)10-16-8-9-17-14-7-5-6-13(14)16/h11-15H,4-10H2,1-3H3. The number of ether oxygens (including phenoxy) is 1. The molecule has 1 saturated carbocycles. The molecule has 2 aliphatic rings. The van der Waals surface area contributed by atoms with E-state index in [-0.39, 0.29) is 0 Å². The van der Waals surface area contributed by atoms with Crippen LogP contribution in [-0.2, 0) is 4.74 Å². The van der Waals surface area contributed by atoms with Gasteiger partial charge in [0.25, 0.3) is 0 Å². The Kier molecular flexibility index (Phi) is 4.83. The lowest BCUT2D eigenvalue weighted by Gasteiger charge is -2.40. The normalized spacial score (nSPS) is 33.4. The third kappa shape index (κ3) is 3.01. The monoisotopic (exact) mass is 240 g/mol. The van der Waals surface area contributed by atoms with Crippen LogP contribution in [0.3, 0.4) is 0 Å². The van der Waals surface area contributed by atoms with Gasteiger partial charge in [-0.05, 0) is 32.2 Å². The number of hydrogen-bond donors (Lipinski definition) is 1. The molecule has 0 radical (unpaired) electrons. The minimum Gasteiger partial charge on any atom is -0.375 e. The molecular weight excluding hydrogens is 212 g/mol. The van der Waals surface area contributed by atoms with Crippen molar-refractivity contribution in [3.05, 3.63) is 0 Å². The quantitative estimate of drug-likeness (QED) is 0.794. The third-order valence-electron chi connectivity index (χ3n) is 4.73. The lowest BCUT2D eigenvalue weighted by molar-refractivity contribution is -0.0595. The second kappa shape index (κ2) is 6.17. The van der Waals surface area contributed by atoms with E-state index in [4.69, 9.17) is 4.74 Å². The van der Waals surface area contributed by atoms with Crippen molar-refractivity contribution in [1.82, 2.24) is 10.2 Å². The molecule has 0 aromatic heterocycles. The smallest absolute Gasteiger partial charge is 0.0730 e. The number of fused-ring (bicyclic) bond motifs is 1. The van der Waals surface area contributed by atoms with Gasteiger partial charge < -0.3 is 10.1 Å². The van der Waals surface area contributed by atoms with E-state index in [1.54, 1.807) is 0 Å². The van der Waals surface area contributed by atoms with Crippen LogP contribution in [0.15, 0.2) is 0 Å². The summed E-state index contributed by atoms with van der Waals surface area (Å²) >= 11 is 0. The van der Waals surface area contributed by atoms with Gasteiger partial charge in [0.1, 0.15) is 0 Å². The minimum atomic E-state index is 0.526. The zero-order valence-corrected chi connectivity index (χ0v) is 11.6. The van der Waals surface area contributed by atoms with Crippen LogP contribution < -0.4 is 5.32 Å². The highest BCUT2D eigenvalue weighted by Gasteiger charge is 2.36. The molecular formula is C14H28N2O. The Bertz CT molecular complexity index is 234. The zero-order valence-electron chi connectivity index (χ0n) is 11.6. The van der Waals surface area contributed by atoms with Gasteiger partial charge in [-0.2, -0.15) is 0 Å². The van der Waals surface area contributed by atoms with Crippen molar-refractivity contribution in [2.75, 3.05) is 26.7 Å².